The SMILES string of the molecule is CC1CC1C(=O)Nc1ccc(C(=O)N2CCN(S(=O)(=O)c3ccccc3F)CC2)cc1. The third-order valence-electron chi connectivity index (χ3n) is 5.83. The molecule has 164 valence electrons. The van der Waals surface area contributed by atoms with Crippen LogP contribution in [0.15, 0.2) is 53.4 Å². The van der Waals surface area contributed by atoms with Gasteiger partial charge in [0.2, 0.25) is 15.9 Å². The Balaban J connectivity index is 1.36. The fraction of sp³-hybridized carbons (Fsp3) is 0.364. The number of carbonyl (C=O) groups is 2. The zero-order valence-electron chi connectivity index (χ0n) is 17.1. The van der Waals surface area contributed by atoms with Crippen molar-refractivity contribution in [1.82, 2.24) is 9.21 Å². The first-order valence-corrected chi connectivity index (χ1v) is 11.7. The molecule has 2 atom stereocenters. The molecule has 9 heteroatoms. The number of halogens is 1. The molecule has 1 N–H and O–H groups in total. The maximum absolute atomic E-state index is 13.9. The highest BCUT2D eigenvalue weighted by Gasteiger charge is 2.39. The quantitative estimate of drug-likeness (QED) is 0.766. The Kier molecular flexibility index (Phi) is 5.81. The number of rotatable bonds is 5. The molecule has 2 aromatic carbocycles. The van der Waals surface area contributed by atoms with E-state index in [9.17, 15) is 22.4 Å². The van der Waals surface area contributed by atoms with E-state index >= 15 is 0 Å². The Morgan fingerprint density at radius 3 is 2.19 bits per heavy atom. The van der Waals surface area contributed by atoms with Gasteiger partial charge < -0.3 is 10.2 Å². The van der Waals surface area contributed by atoms with E-state index in [-0.39, 0.29) is 48.8 Å². The summed E-state index contributed by atoms with van der Waals surface area (Å²) in [6.45, 7) is 2.65. The van der Waals surface area contributed by atoms with Crippen molar-refractivity contribution in [1.29, 1.82) is 0 Å². The Hall–Kier alpha value is -2.78. The molecular weight excluding hydrogens is 421 g/mol. The van der Waals surface area contributed by atoms with Crippen molar-refractivity contribution in [2.45, 2.75) is 18.2 Å². The zero-order chi connectivity index (χ0) is 22.2. The molecule has 31 heavy (non-hydrogen) atoms. The standard InChI is InChI=1S/C22H24FN3O4S/c1-15-14-18(15)21(27)24-17-8-6-16(7-9-17)22(28)25-10-12-26(13-11-25)31(29,30)20-5-3-2-4-19(20)23/h2-9,15,18H,10-14H2,1H3,(H,24,27). The molecule has 1 aliphatic carbocycles. The molecule has 2 aliphatic rings. The summed E-state index contributed by atoms with van der Waals surface area (Å²) in [6, 6.07) is 12.0. The highest BCUT2D eigenvalue weighted by molar-refractivity contribution is 7.89. The van der Waals surface area contributed by atoms with Crippen LogP contribution >= 0.6 is 0 Å². The van der Waals surface area contributed by atoms with Gasteiger partial charge >= 0.3 is 0 Å². The van der Waals surface area contributed by atoms with Gasteiger partial charge in [-0.15, -0.1) is 0 Å². The number of nitrogens with zero attached hydrogens (tertiary/aromatic N) is 2. The van der Waals surface area contributed by atoms with Gasteiger partial charge in [-0.1, -0.05) is 19.1 Å². The lowest BCUT2D eigenvalue weighted by molar-refractivity contribution is -0.117. The van der Waals surface area contributed by atoms with E-state index < -0.39 is 15.8 Å². The highest BCUT2D eigenvalue weighted by atomic mass is 32.2. The first kappa shape index (κ1) is 21.5. The molecule has 0 radical (unpaired) electrons. The lowest BCUT2D eigenvalue weighted by atomic mass is 10.1. The molecule has 0 spiro atoms. The van der Waals surface area contributed by atoms with Crippen molar-refractivity contribution in [3.8, 4) is 0 Å². The summed E-state index contributed by atoms with van der Waals surface area (Å²) >= 11 is 0. The summed E-state index contributed by atoms with van der Waals surface area (Å²) < 4.78 is 40.6. The molecule has 1 saturated heterocycles. The monoisotopic (exact) mass is 445 g/mol. The minimum atomic E-state index is -3.95. The van der Waals surface area contributed by atoms with Crippen LogP contribution in [0.25, 0.3) is 0 Å². The minimum absolute atomic E-state index is 0.00115. The molecule has 0 aromatic heterocycles. The summed E-state index contributed by atoms with van der Waals surface area (Å²) in [5, 5.41) is 2.85. The van der Waals surface area contributed by atoms with Gasteiger partial charge in [0.05, 0.1) is 0 Å². The van der Waals surface area contributed by atoms with Crippen molar-refractivity contribution in [3.05, 3.63) is 59.9 Å². The van der Waals surface area contributed by atoms with Gasteiger partial charge in [0.1, 0.15) is 10.7 Å². The number of piperazine rings is 1. The molecule has 2 amide bonds. The van der Waals surface area contributed by atoms with Crippen LogP contribution in [0.1, 0.15) is 23.7 Å². The van der Waals surface area contributed by atoms with Crippen LogP contribution in [0.2, 0.25) is 0 Å². The lowest BCUT2D eigenvalue weighted by Gasteiger charge is -2.34. The van der Waals surface area contributed by atoms with E-state index in [1.165, 1.54) is 22.5 Å². The second-order valence-electron chi connectivity index (χ2n) is 8.01. The third kappa shape index (κ3) is 4.47. The number of anilines is 1. The smallest absolute Gasteiger partial charge is 0.253 e. The second kappa shape index (κ2) is 8.39. The predicted octanol–water partition coefficient (Wildman–Crippen LogP) is 2.57. The molecule has 2 fully saturated rings. The Morgan fingerprint density at radius 2 is 1.61 bits per heavy atom. The lowest BCUT2D eigenvalue weighted by Crippen LogP contribution is -2.50. The van der Waals surface area contributed by atoms with Gasteiger partial charge in [-0.2, -0.15) is 4.31 Å². The summed E-state index contributed by atoms with van der Waals surface area (Å²) in [5.41, 5.74) is 1.10. The Bertz CT molecular complexity index is 1100. The van der Waals surface area contributed by atoms with Gasteiger partial charge in [-0.25, -0.2) is 12.8 Å². The van der Waals surface area contributed by atoms with Crippen LogP contribution in [-0.4, -0.2) is 55.6 Å². The van der Waals surface area contributed by atoms with Crippen LogP contribution in [0.4, 0.5) is 10.1 Å². The zero-order valence-corrected chi connectivity index (χ0v) is 17.9. The maximum Gasteiger partial charge on any atom is 0.253 e. The van der Waals surface area contributed by atoms with Crippen molar-refractivity contribution in [3.63, 3.8) is 0 Å². The topological polar surface area (TPSA) is 86.8 Å². The fourth-order valence-electron chi connectivity index (χ4n) is 3.73. The molecule has 1 saturated carbocycles. The van der Waals surface area contributed by atoms with Gasteiger partial charge in [0.15, 0.2) is 0 Å². The number of hydrogen-bond acceptors (Lipinski definition) is 4. The average molecular weight is 446 g/mol. The highest BCUT2D eigenvalue weighted by Crippen LogP contribution is 2.38. The number of carbonyl (C=O) groups excluding carboxylic acids is 2. The van der Waals surface area contributed by atoms with Crippen molar-refractivity contribution in [2.24, 2.45) is 11.8 Å². The number of nitrogens with one attached hydrogen (secondary N) is 1. The maximum atomic E-state index is 13.9. The number of sulfonamides is 1. The molecule has 1 aliphatic heterocycles. The van der Waals surface area contributed by atoms with E-state index in [1.54, 1.807) is 29.2 Å². The second-order valence-corrected chi connectivity index (χ2v) is 9.92. The molecule has 4 rings (SSSR count). The van der Waals surface area contributed by atoms with Crippen LogP contribution < -0.4 is 5.32 Å². The van der Waals surface area contributed by atoms with Gasteiger partial charge in [0.25, 0.3) is 5.91 Å². The fourth-order valence-corrected chi connectivity index (χ4v) is 5.21. The molecule has 2 aromatic rings. The van der Waals surface area contributed by atoms with Crippen LogP contribution in [0.3, 0.4) is 0 Å². The summed E-state index contributed by atoms with van der Waals surface area (Å²) in [7, 11) is -3.95. The number of amides is 2. The molecule has 1 heterocycles. The van der Waals surface area contributed by atoms with Crippen molar-refractivity contribution >= 4 is 27.5 Å². The number of hydrogen-bond donors (Lipinski definition) is 1. The van der Waals surface area contributed by atoms with E-state index in [4.69, 9.17) is 0 Å². The van der Waals surface area contributed by atoms with Gasteiger partial charge in [-0.3, -0.25) is 9.59 Å². The van der Waals surface area contributed by atoms with E-state index in [1.807, 2.05) is 6.92 Å². The van der Waals surface area contributed by atoms with Crippen LogP contribution in [-0.2, 0) is 14.8 Å². The third-order valence-corrected chi connectivity index (χ3v) is 7.76. The van der Waals surface area contributed by atoms with Crippen molar-refractivity contribution < 1.29 is 22.4 Å². The molecular formula is C22H24FN3O4S. The number of benzene rings is 2. The van der Waals surface area contributed by atoms with Gasteiger partial charge in [0, 0.05) is 43.3 Å². The first-order chi connectivity index (χ1) is 14.8. The summed E-state index contributed by atoms with van der Waals surface area (Å²) in [4.78, 5) is 26.0. The predicted molar refractivity (Wildman–Crippen MR) is 113 cm³/mol. The van der Waals surface area contributed by atoms with Gasteiger partial charge in [-0.05, 0) is 48.7 Å². The Labute approximate surface area is 180 Å². The largest absolute Gasteiger partial charge is 0.336 e. The molecule has 7 nitrogen and oxygen atoms in total. The van der Waals surface area contributed by atoms with E-state index in [2.05, 4.69) is 5.32 Å². The molecule has 0 bridgehead atoms. The van der Waals surface area contributed by atoms with E-state index in [0.29, 0.717) is 17.2 Å². The summed E-state index contributed by atoms with van der Waals surface area (Å²) in [6.07, 6.45) is 0.904. The Morgan fingerprint density at radius 1 is 1.00 bits per heavy atom. The van der Waals surface area contributed by atoms with Crippen molar-refractivity contribution in [2.75, 3.05) is 31.5 Å². The minimum Gasteiger partial charge on any atom is -0.336 e. The summed E-state index contributed by atoms with van der Waals surface area (Å²) in [5.74, 6) is -0.514. The first-order valence-electron chi connectivity index (χ1n) is 10.2. The van der Waals surface area contributed by atoms with E-state index in [0.717, 1.165) is 12.5 Å². The van der Waals surface area contributed by atoms with Crippen LogP contribution in [0.5, 0.6) is 0 Å². The normalized spacial score (nSPS) is 21.5. The molecule has 2 unspecified atom stereocenters. The van der Waals surface area contributed by atoms with Crippen LogP contribution in [0, 0.1) is 17.7 Å². The average Bonchev–Trinajstić information content (AvgIpc) is 3.51.